The maximum Gasteiger partial charge on any atom is 0.122 e. The van der Waals surface area contributed by atoms with E-state index in [4.69, 9.17) is 4.74 Å². The normalized spacial score (nSPS) is 12.6. The highest BCUT2D eigenvalue weighted by molar-refractivity contribution is 14.1. The third-order valence-corrected chi connectivity index (χ3v) is 3.10. The quantitative estimate of drug-likeness (QED) is 0.453. The van der Waals surface area contributed by atoms with E-state index < -0.39 is 0 Å². The van der Waals surface area contributed by atoms with Crippen LogP contribution in [-0.2, 0) is 13.7 Å². The molecule has 0 amide bonds. The van der Waals surface area contributed by atoms with E-state index >= 15 is 0 Å². The average molecular weight is 362 g/mol. The Balaban J connectivity index is 3.39. The first-order valence-corrected chi connectivity index (χ1v) is 7.27. The minimum atomic E-state index is -0.0531. The van der Waals surface area contributed by atoms with Gasteiger partial charge in [-0.1, -0.05) is 29.2 Å². The van der Waals surface area contributed by atoms with Gasteiger partial charge in [-0.2, -0.15) is 5.10 Å². The molecule has 0 bridgehead atoms. The molecule has 0 aromatic carbocycles. The summed E-state index contributed by atoms with van der Waals surface area (Å²) in [6, 6.07) is 0. The summed E-state index contributed by atoms with van der Waals surface area (Å²) in [6.45, 7) is 17.4. The molecule has 0 aliphatic rings. The first kappa shape index (κ1) is 15.5. The van der Waals surface area contributed by atoms with Gasteiger partial charge >= 0.3 is 0 Å². The van der Waals surface area contributed by atoms with Gasteiger partial charge in [0.1, 0.15) is 5.76 Å². The number of hydrogen-bond donors (Lipinski definition) is 0. The Morgan fingerprint density at radius 1 is 1.39 bits per heavy atom. The maximum atomic E-state index is 5.54. The van der Waals surface area contributed by atoms with Crippen molar-refractivity contribution in [2.24, 2.45) is 0 Å². The van der Waals surface area contributed by atoms with Crippen molar-refractivity contribution in [3.05, 3.63) is 24.0 Å². The molecule has 0 N–H and O–H groups in total. The number of ether oxygens (including phenoxy) is 1. The van der Waals surface area contributed by atoms with E-state index in [0.29, 0.717) is 12.4 Å². The van der Waals surface area contributed by atoms with E-state index in [1.807, 2.05) is 13.1 Å². The van der Waals surface area contributed by atoms with Gasteiger partial charge in [-0.05, 0) is 41.5 Å². The van der Waals surface area contributed by atoms with Crippen LogP contribution in [0, 0.1) is 0 Å². The van der Waals surface area contributed by atoms with Gasteiger partial charge in [0.25, 0.3) is 0 Å². The summed E-state index contributed by atoms with van der Waals surface area (Å²) in [5.74, 6) is 0.702. The molecule has 0 aliphatic carbocycles. The van der Waals surface area contributed by atoms with Crippen molar-refractivity contribution in [1.29, 1.82) is 0 Å². The SMILES string of the molecule is C=C(OCC)c1cnn(C(C)(C)C)c1C(C)(C)I. The summed E-state index contributed by atoms with van der Waals surface area (Å²) in [4.78, 5) is 0. The Labute approximate surface area is 124 Å². The largest absolute Gasteiger partial charge is 0.494 e. The number of nitrogens with zero attached hydrogens (tertiary/aromatic N) is 2. The lowest BCUT2D eigenvalue weighted by molar-refractivity contribution is 0.297. The first-order chi connectivity index (χ1) is 8.09. The number of rotatable bonds is 4. The van der Waals surface area contributed by atoms with Crippen molar-refractivity contribution >= 4 is 28.4 Å². The van der Waals surface area contributed by atoms with E-state index in [9.17, 15) is 0 Å². The van der Waals surface area contributed by atoms with E-state index in [2.05, 4.69) is 73.6 Å². The Bertz CT molecular complexity index is 436. The monoisotopic (exact) mass is 362 g/mol. The lowest BCUT2D eigenvalue weighted by atomic mass is 10.0. The molecule has 0 atom stereocenters. The summed E-state index contributed by atoms with van der Waals surface area (Å²) in [5, 5.41) is 4.53. The van der Waals surface area contributed by atoms with E-state index in [1.165, 1.54) is 0 Å². The third-order valence-electron chi connectivity index (χ3n) is 2.59. The zero-order chi connectivity index (χ0) is 14.1. The van der Waals surface area contributed by atoms with Crippen LogP contribution in [0.25, 0.3) is 5.76 Å². The second-order valence-electron chi connectivity index (χ2n) is 5.82. The predicted octanol–water partition coefficient (Wildman–Crippen LogP) is 4.32. The van der Waals surface area contributed by atoms with Crippen LogP contribution in [0.4, 0.5) is 0 Å². The smallest absolute Gasteiger partial charge is 0.122 e. The molecule has 1 heterocycles. The van der Waals surface area contributed by atoms with Crippen LogP contribution in [0.5, 0.6) is 0 Å². The Kier molecular flexibility index (Phi) is 4.51. The molecule has 1 aromatic heterocycles. The van der Waals surface area contributed by atoms with Crippen molar-refractivity contribution in [3.63, 3.8) is 0 Å². The number of halogens is 1. The second kappa shape index (κ2) is 5.23. The molecule has 0 saturated carbocycles. The summed E-state index contributed by atoms with van der Waals surface area (Å²) >= 11 is 2.43. The second-order valence-corrected chi connectivity index (χ2v) is 8.51. The van der Waals surface area contributed by atoms with Gasteiger partial charge in [-0.25, -0.2) is 0 Å². The number of hydrogen-bond acceptors (Lipinski definition) is 2. The standard InChI is InChI=1S/C14H23IN2O/c1-8-18-10(2)11-9-16-17(13(3,4)5)12(11)14(6,7)15/h9H,2,8H2,1,3-7H3. The summed E-state index contributed by atoms with van der Waals surface area (Å²) in [5.41, 5.74) is 2.11. The van der Waals surface area contributed by atoms with Crippen molar-refractivity contribution in [1.82, 2.24) is 9.78 Å². The molecule has 0 radical (unpaired) electrons. The highest BCUT2D eigenvalue weighted by atomic mass is 127. The molecule has 1 aromatic rings. The lowest BCUT2D eigenvalue weighted by Gasteiger charge is -2.28. The van der Waals surface area contributed by atoms with Crippen molar-refractivity contribution < 1.29 is 4.74 Å². The molecule has 1 rings (SSSR count). The molecule has 0 aliphatic heterocycles. The molecule has 0 unspecified atom stereocenters. The van der Waals surface area contributed by atoms with Crippen LogP contribution < -0.4 is 0 Å². The first-order valence-electron chi connectivity index (χ1n) is 6.19. The maximum absolute atomic E-state index is 5.54. The molecule has 102 valence electrons. The minimum Gasteiger partial charge on any atom is -0.494 e. The molecule has 0 saturated heterocycles. The third kappa shape index (κ3) is 3.28. The fourth-order valence-electron chi connectivity index (χ4n) is 1.89. The molecule has 0 fully saturated rings. The van der Waals surface area contributed by atoms with Gasteiger partial charge in [0.05, 0.1) is 33.0 Å². The van der Waals surface area contributed by atoms with E-state index in [1.54, 1.807) is 0 Å². The fraction of sp³-hybridized carbons (Fsp3) is 0.643. The highest BCUT2D eigenvalue weighted by Crippen LogP contribution is 2.38. The van der Waals surface area contributed by atoms with Crippen LogP contribution in [0.2, 0.25) is 0 Å². The lowest BCUT2D eigenvalue weighted by Crippen LogP contribution is -2.29. The van der Waals surface area contributed by atoms with E-state index in [-0.39, 0.29) is 8.96 Å². The van der Waals surface area contributed by atoms with Gasteiger partial charge in [0, 0.05) is 0 Å². The zero-order valence-electron chi connectivity index (χ0n) is 12.2. The van der Waals surface area contributed by atoms with Gasteiger partial charge in [-0.15, -0.1) is 0 Å². The Hall–Kier alpha value is -0.520. The van der Waals surface area contributed by atoms with Crippen LogP contribution in [0.1, 0.15) is 52.8 Å². The van der Waals surface area contributed by atoms with Gasteiger partial charge in [-0.3, -0.25) is 4.68 Å². The molecular formula is C14H23IN2O. The van der Waals surface area contributed by atoms with Gasteiger partial charge in [0.2, 0.25) is 0 Å². The average Bonchev–Trinajstić information content (AvgIpc) is 2.60. The zero-order valence-corrected chi connectivity index (χ0v) is 14.3. The molecule has 3 nitrogen and oxygen atoms in total. The minimum absolute atomic E-state index is 0.0308. The van der Waals surface area contributed by atoms with Crippen molar-refractivity contribution in [2.45, 2.75) is 50.5 Å². The number of aromatic nitrogens is 2. The summed E-state index contributed by atoms with van der Waals surface area (Å²) in [6.07, 6.45) is 1.86. The fourth-order valence-corrected chi connectivity index (χ4v) is 2.40. The van der Waals surface area contributed by atoms with Crippen LogP contribution in [0.15, 0.2) is 12.8 Å². The van der Waals surface area contributed by atoms with Crippen molar-refractivity contribution in [2.75, 3.05) is 6.61 Å². The topological polar surface area (TPSA) is 27.1 Å². The van der Waals surface area contributed by atoms with Gasteiger partial charge in [0.15, 0.2) is 0 Å². The summed E-state index contributed by atoms with van der Waals surface area (Å²) in [7, 11) is 0. The molecule has 0 spiro atoms. The van der Waals surface area contributed by atoms with Crippen LogP contribution >= 0.6 is 22.6 Å². The van der Waals surface area contributed by atoms with Gasteiger partial charge < -0.3 is 4.74 Å². The van der Waals surface area contributed by atoms with Crippen LogP contribution in [-0.4, -0.2) is 16.4 Å². The van der Waals surface area contributed by atoms with E-state index in [0.717, 1.165) is 11.3 Å². The summed E-state index contributed by atoms with van der Waals surface area (Å²) < 4.78 is 7.58. The Morgan fingerprint density at radius 2 is 1.94 bits per heavy atom. The highest BCUT2D eigenvalue weighted by Gasteiger charge is 2.31. The predicted molar refractivity (Wildman–Crippen MR) is 84.9 cm³/mol. The van der Waals surface area contributed by atoms with Crippen LogP contribution in [0.3, 0.4) is 0 Å². The molecule has 4 heteroatoms. The molecule has 18 heavy (non-hydrogen) atoms. The Morgan fingerprint density at radius 3 is 2.33 bits per heavy atom. The molecular weight excluding hydrogens is 339 g/mol. The van der Waals surface area contributed by atoms with Crippen molar-refractivity contribution in [3.8, 4) is 0 Å². The number of alkyl halides is 1.